The van der Waals surface area contributed by atoms with Crippen molar-refractivity contribution in [3.63, 3.8) is 0 Å². The third kappa shape index (κ3) is 3.73. The summed E-state index contributed by atoms with van der Waals surface area (Å²) in [5.74, 6) is -0.859. The van der Waals surface area contributed by atoms with E-state index in [9.17, 15) is 9.59 Å². The summed E-state index contributed by atoms with van der Waals surface area (Å²) in [7, 11) is 0.868. The molecule has 0 radical (unpaired) electrons. The van der Waals surface area contributed by atoms with E-state index in [0.29, 0.717) is 12.8 Å². The second kappa shape index (κ2) is 6.74. The highest BCUT2D eigenvalue weighted by molar-refractivity contribution is 14.1. The minimum Gasteiger partial charge on any atom is -0.468 e. The molecule has 5 nitrogen and oxygen atoms in total. The van der Waals surface area contributed by atoms with Crippen LogP contribution in [-0.4, -0.2) is 45.0 Å². The van der Waals surface area contributed by atoms with E-state index < -0.39 is 25.7 Å². The second-order valence-electron chi connectivity index (χ2n) is 6.16. The van der Waals surface area contributed by atoms with Crippen LogP contribution in [0.4, 0.5) is 0 Å². The van der Waals surface area contributed by atoms with Crippen LogP contribution in [0.15, 0.2) is 0 Å². The van der Waals surface area contributed by atoms with Crippen molar-refractivity contribution in [3.8, 4) is 0 Å². The van der Waals surface area contributed by atoms with E-state index >= 15 is 0 Å². The predicted molar refractivity (Wildman–Crippen MR) is 86.3 cm³/mol. The molecule has 0 amide bonds. The Morgan fingerprint density at radius 1 is 1.15 bits per heavy atom. The maximum atomic E-state index is 12.1. The fourth-order valence-corrected chi connectivity index (χ4v) is 4.79. The number of alkyl halides is 1. The fraction of sp³-hybridized carbons (Fsp3) is 0.846. The molecule has 0 N–H and O–H groups in total. The zero-order chi connectivity index (χ0) is 15.6. The second-order valence-corrected chi connectivity index (χ2v) is 11.5. The number of rotatable bonds is 5. The summed E-state index contributed by atoms with van der Waals surface area (Å²) in [6.45, 7) is 6.31. The molecule has 0 bridgehead atoms. The van der Waals surface area contributed by atoms with Crippen LogP contribution < -0.4 is 0 Å². The maximum Gasteiger partial charge on any atom is 0.323 e. The van der Waals surface area contributed by atoms with Crippen molar-refractivity contribution in [1.29, 1.82) is 0 Å². The van der Waals surface area contributed by atoms with E-state index in [0.717, 1.165) is 4.43 Å². The average Bonchev–Trinajstić information content (AvgIpc) is 2.74. The lowest BCUT2D eigenvalue weighted by molar-refractivity contribution is -0.169. The van der Waals surface area contributed by atoms with E-state index in [2.05, 4.69) is 42.2 Å². The van der Waals surface area contributed by atoms with Gasteiger partial charge in [0.05, 0.1) is 20.3 Å². The van der Waals surface area contributed by atoms with E-state index in [1.165, 1.54) is 14.2 Å². The molecule has 1 saturated carbocycles. The fourth-order valence-electron chi connectivity index (χ4n) is 2.73. The van der Waals surface area contributed by atoms with Gasteiger partial charge in [0.1, 0.15) is 0 Å². The number of carbonyl (C=O) groups excluding carboxylic acids is 2. The van der Waals surface area contributed by atoms with Gasteiger partial charge in [-0.25, -0.2) is 0 Å². The summed E-state index contributed by atoms with van der Waals surface area (Å²) in [5, 5.41) is 0. The van der Waals surface area contributed by atoms with Gasteiger partial charge < -0.3 is 13.9 Å². The lowest BCUT2D eigenvalue weighted by atomic mass is 9.85. The van der Waals surface area contributed by atoms with Gasteiger partial charge in [-0.2, -0.15) is 0 Å². The van der Waals surface area contributed by atoms with Crippen LogP contribution in [0, 0.1) is 11.3 Å². The average molecular weight is 414 g/mol. The normalized spacial score (nSPS) is 25.3. The number of esters is 2. The molecule has 0 aromatic carbocycles. The minimum atomic E-state index is -1.74. The van der Waals surface area contributed by atoms with Crippen LogP contribution in [0.25, 0.3) is 0 Å². The first-order valence-electron chi connectivity index (χ1n) is 6.61. The predicted octanol–water partition coefficient (Wildman–Crippen LogP) is 2.38. The lowest BCUT2D eigenvalue weighted by Gasteiger charge is -2.27. The van der Waals surface area contributed by atoms with E-state index in [-0.39, 0.29) is 12.0 Å². The smallest absolute Gasteiger partial charge is 0.323 e. The zero-order valence-corrected chi connectivity index (χ0v) is 15.9. The lowest BCUT2D eigenvalue weighted by Crippen LogP contribution is -2.40. The van der Waals surface area contributed by atoms with Crippen molar-refractivity contribution in [2.24, 2.45) is 11.3 Å². The largest absolute Gasteiger partial charge is 0.468 e. The molecule has 0 spiro atoms. The first-order valence-corrected chi connectivity index (χ1v) is 11.5. The van der Waals surface area contributed by atoms with Gasteiger partial charge in [0, 0.05) is 4.43 Å². The number of methoxy groups -OCH3 is 2. The van der Waals surface area contributed by atoms with Crippen LogP contribution in [0.1, 0.15) is 12.8 Å². The molecule has 1 aliphatic carbocycles. The Hall–Kier alpha value is -0.153. The molecule has 0 heterocycles. The van der Waals surface area contributed by atoms with Gasteiger partial charge in [0.2, 0.25) is 0 Å². The van der Waals surface area contributed by atoms with Crippen LogP contribution in [0.2, 0.25) is 19.6 Å². The third-order valence-electron chi connectivity index (χ3n) is 3.54. The van der Waals surface area contributed by atoms with E-state index in [1.54, 1.807) is 0 Å². The first kappa shape index (κ1) is 17.9. The van der Waals surface area contributed by atoms with E-state index in [1.807, 2.05) is 0 Å². The molecule has 0 aliphatic heterocycles. The third-order valence-corrected chi connectivity index (χ3v) is 5.68. The van der Waals surface area contributed by atoms with Gasteiger partial charge >= 0.3 is 11.9 Å². The van der Waals surface area contributed by atoms with Crippen molar-refractivity contribution >= 4 is 42.8 Å². The highest BCUT2D eigenvalue weighted by atomic mass is 127. The Morgan fingerprint density at radius 2 is 1.65 bits per heavy atom. The number of carbonyl (C=O) groups is 2. The summed E-state index contributed by atoms with van der Waals surface area (Å²) in [5.41, 5.74) is -1.20. The molecule has 0 saturated heterocycles. The molecule has 20 heavy (non-hydrogen) atoms. The Labute approximate surface area is 135 Å². The Bertz CT molecular complexity index is 363. The highest BCUT2D eigenvalue weighted by Gasteiger charge is 2.57. The van der Waals surface area contributed by atoms with Gasteiger partial charge in [0.15, 0.2) is 13.7 Å². The molecule has 7 heteroatoms. The van der Waals surface area contributed by atoms with Crippen molar-refractivity contribution < 1.29 is 23.5 Å². The summed E-state index contributed by atoms with van der Waals surface area (Å²) in [6, 6.07) is 0. The monoisotopic (exact) mass is 414 g/mol. The number of hydrogen-bond acceptors (Lipinski definition) is 5. The van der Waals surface area contributed by atoms with Crippen LogP contribution in [0.3, 0.4) is 0 Å². The molecule has 2 atom stereocenters. The van der Waals surface area contributed by atoms with Crippen molar-refractivity contribution in [2.45, 2.75) is 38.6 Å². The maximum absolute atomic E-state index is 12.1. The molecule has 0 aromatic rings. The van der Waals surface area contributed by atoms with Crippen LogP contribution >= 0.6 is 22.6 Å². The van der Waals surface area contributed by atoms with Crippen molar-refractivity contribution in [1.82, 2.24) is 0 Å². The van der Waals surface area contributed by atoms with Crippen LogP contribution in [0.5, 0.6) is 0 Å². The van der Waals surface area contributed by atoms with Crippen molar-refractivity contribution in [3.05, 3.63) is 0 Å². The summed E-state index contributed by atoms with van der Waals surface area (Å²) in [4.78, 5) is 24.3. The molecule has 116 valence electrons. The van der Waals surface area contributed by atoms with Gasteiger partial charge in [-0.05, 0) is 38.4 Å². The molecule has 1 aliphatic rings. The topological polar surface area (TPSA) is 61.8 Å². The molecule has 0 aromatic heterocycles. The van der Waals surface area contributed by atoms with Crippen molar-refractivity contribution in [2.75, 3.05) is 18.6 Å². The molecule has 1 fully saturated rings. The summed E-state index contributed by atoms with van der Waals surface area (Å²) < 4.78 is 16.7. The van der Waals surface area contributed by atoms with E-state index in [4.69, 9.17) is 13.9 Å². The summed E-state index contributed by atoms with van der Waals surface area (Å²) >= 11 is 2.28. The highest BCUT2D eigenvalue weighted by Crippen LogP contribution is 2.46. The molecular weight excluding hydrogens is 391 g/mol. The van der Waals surface area contributed by atoms with Gasteiger partial charge in [0.25, 0.3) is 0 Å². The first-order chi connectivity index (χ1) is 9.20. The zero-order valence-electron chi connectivity index (χ0n) is 12.7. The Balaban J connectivity index is 3.05. The molecular formula is C13H23IO5Si. The Morgan fingerprint density at radius 3 is 2.00 bits per heavy atom. The minimum absolute atomic E-state index is 0.0863. The quantitative estimate of drug-likeness (QED) is 0.227. The molecule has 0 unspecified atom stereocenters. The SMILES string of the molecule is COC(=O)C1(C(=O)OC)C[C@@H](CI)[C@@H](O[Si](C)(C)C)C1. The molecule has 1 rings (SSSR count). The van der Waals surface area contributed by atoms with Crippen LogP contribution in [-0.2, 0) is 23.5 Å². The van der Waals surface area contributed by atoms with Gasteiger partial charge in [-0.3, -0.25) is 9.59 Å². The Kier molecular flexibility index (Phi) is 6.03. The standard InChI is InChI=1S/C13H23IO5Si/c1-17-11(15)13(12(16)18-2)6-9(8-14)10(7-13)19-20(3,4)5/h9-10H,6-8H2,1-5H3/t9-,10-/m0/s1. The number of halogens is 1. The number of ether oxygens (including phenoxy) is 2. The van der Waals surface area contributed by atoms with Gasteiger partial charge in [-0.15, -0.1) is 0 Å². The number of hydrogen-bond donors (Lipinski definition) is 0. The summed E-state index contributed by atoms with van der Waals surface area (Å²) in [6.07, 6.45) is 0.700. The van der Waals surface area contributed by atoms with Gasteiger partial charge in [-0.1, -0.05) is 22.6 Å².